The molecule has 0 spiro atoms. The van der Waals surface area contributed by atoms with E-state index < -0.39 is 15.8 Å². The van der Waals surface area contributed by atoms with Crippen molar-refractivity contribution in [1.29, 1.82) is 0 Å². The van der Waals surface area contributed by atoms with Gasteiger partial charge in [0.25, 0.3) is 0 Å². The molecule has 21 heavy (non-hydrogen) atoms. The van der Waals surface area contributed by atoms with E-state index in [2.05, 4.69) is 6.92 Å². The minimum Gasteiger partial charge on any atom is -0.396 e. The van der Waals surface area contributed by atoms with Crippen LogP contribution in [0.1, 0.15) is 37.3 Å². The van der Waals surface area contributed by atoms with Crippen LogP contribution in [0.25, 0.3) is 0 Å². The number of rotatable bonds is 2. The molecule has 1 heterocycles. The monoisotopic (exact) mass is 314 g/mol. The van der Waals surface area contributed by atoms with Gasteiger partial charge in [-0.15, -0.1) is 0 Å². The molecular formula is C15H23FN2O2S. The van der Waals surface area contributed by atoms with Crippen molar-refractivity contribution in [3.63, 3.8) is 0 Å². The zero-order chi connectivity index (χ0) is 15.8. The standard InChI is InChI=1S/C15H23FN2O2S/c1-10-5-4-7-18(8-6-10)21(19,20)15-11(2)9-13(16)14(17)12(15)3/h9-10H,4-8,17H2,1-3H3. The molecule has 1 aromatic rings. The fourth-order valence-corrected chi connectivity index (χ4v) is 4.87. The van der Waals surface area contributed by atoms with Gasteiger partial charge in [0.05, 0.1) is 10.6 Å². The first-order valence-corrected chi connectivity index (χ1v) is 8.74. The van der Waals surface area contributed by atoms with Gasteiger partial charge < -0.3 is 5.73 Å². The minimum atomic E-state index is -3.62. The van der Waals surface area contributed by atoms with E-state index in [1.54, 1.807) is 13.8 Å². The topological polar surface area (TPSA) is 63.4 Å². The SMILES string of the molecule is Cc1cc(F)c(N)c(C)c1S(=O)(=O)N1CCCC(C)CC1. The lowest BCUT2D eigenvalue weighted by molar-refractivity contribution is 0.416. The Labute approximate surface area is 126 Å². The average Bonchev–Trinajstić information content (AvgIpc) is 2.61. The van der Waals surface area contributed by atoms with Crippen molar-refractivity contribution in [2.75, 3.05) is 18.8 Å². The Morgan fingerprint density at radius 1 is 1.29 bits per heavy atom. The van der Waals surface area contributed by atoms with E-state index in [9.17, 15) is 12.8 Å². The number of sulfonamides is 1. The van der Waals surface area contributed by atoms with Gasteiger partial charge in [0, 0.05) is 13.1 Å². The second-order valence-electron chi connectivity index (χ2n) is 5.98. The van der Waals surface area contributed by atoms with E-state index in [1.165, 1.54) is 10.4 Å². The molecule has 0 saturated carbocycles. The Morgan fingerprint density at radius 2 is 1.95 bits per heavy atom. The molecule has 1 saturated heterocycles. The summed E-state index contributed by atoms with van der Waals surface area (Å²) in [4.78, 5) is 0.163. The normalized spacial score (nSPS) is 21.2. The lowest BCUT2D eigenvalue weighted by Crippen LogP contribution is -2.33. The number of hydrogen-bond donors (Lipinski definition) is 1. The van der Waals surface area contributed by atoms with Gasteiger partial charge in [-0.25, -0.2) is 12.8 Å². The maximum absolute atomic E-state index is 13.6. The summed E-state index contributed by atoms with van der Waals surface area (Å²) in [5.41, 5.74) is 6.32. The Morgan fingerprint density at radius 3 is 2.62 bits per heavy atom. The van der Waals surface area contributed by atoms with Crippen molar-refractivity contribution in [3.05, 3.63) is 23.0 Å². The predicted molar refractivity (Wildman–Crippen MR) is 82.1 cm³/mol. The lowest BCUT2D eigenvalue weighted by Gasteiger charge is -2.23. The summed E-state index contributed by atoms with van der Waals surface area (Å²) < 4.78 is 41.0. The number of nitrogens with zero attached hydrogens (tertiary/aromatic N) is 1. The third-order valence-electron chi connectivity index (χ3n) is 4.28. The molecule has 1 aromatic carbocycles. The van der Waals surface area contributed by atoms with Gasteiger partial charge in [-0.05, 0) is 56.2 Å². The highest BCUT2D eigenvalue weighted by Crippen LogP contribution is 2.31. The summed E-state index contributed by atoms with van der Waals surface area (Å²) in [7, 11) is -3.62. The van der Waals surface area contributed by atoms with E-state index in [0.29, 0.717) is 30.1 Å². The van der Waals surface area contributed by atoms with Gasteiger partial charge in [0.15, 0.2) is 0 Å². The summed E-state index contributed by atoms with van der Waals surface area (Å²) in [5.74, 6) is -0.0286. The van der Waals surface area contributed by atoms with E-state index in [1.807, 2.05) is 0 Å². The highest BCUT2D eigenvalue weighted by molar-refractivity contribution is 7.89. The van der Waals surface area contributed by atoms with Gasteiger partial charge in [-0.1, -0.05) is 6.92 Å². The fourth-order valence-electron chi connectivity index (χ4n) is 2.93. The first kappa shape index (κ1) is 16.2. The van der Waals surface area contributed by atoms with E-state index in [-0.39, 0.29) is 10.6 Å². The lowest BCUT2D eigenvalue weighted by atomic mass is 10.0. The van der Waals surface area contributed by atoms with Crippen molar-refractivity contribution in [2.24, 2.45) is 5.92 Å². The molecule has 1 aliphatic rings. The first-order chi connectivity index (χ1) is 9.75. The number of aryl methyl sites for hydroxylation is 1. The molecule has 0 amide bonds. The molecule has 118 valence electrons. The number of benzene rings is 1. The number of nitrogen functional groups attached to an aromatic ring is 1. The van der Waals surface area contributed by atoms with E-state index >= 15 is 0 Å². The molecular weight excluding hydrogens is 291 g/mol. The summed E-state index contributed by atoms with van der Waals surface area (Å²) in [6, 6.07) is 1.20. The molecule has 1 atom stereocenters. The van der Waals surface area contributed by atoms with Crippen molar-refractivity contribution >= 4 is 15.7 Å². The van der Waals surface area contributed by atoms with Crippen LogP contribution in [0.5, 0.6) is 0 Å². The van der Waals surface area contributed by atoms with Crippen LogP contribution in [0.3, 0.4) is 0 Å². The molecule has 2 N–H and O–H groups in total. The Kier molecular flexibility index (Phi) is 4.58. The average molecular weight is 314 g/mol. The molecule has 0 radical (unpaired) electrons. The van der Waals surface area contributed by atoms with Crippen molar-refractivity contribution < 1.29 is 12.8 Å². The van der Waals surface area contributed by atoms with Crippen molar-refractivity contribution in [3.8, 4) is 0 Å². The van der Waals surface area contributed by atoms with Gasteiger partial charge in [0.1, 0.15) is 5.82 Å². The van der Waals surface area contributed by atoms with Crippen molar-refractivity contribution in [2.45, 2.75) is 44.9 Å². The third-order valence-corrected chi connectivity index (χ3v) is 6.47. The quantitative estimate of drug-likeness (QED) is 0.854. The van der Waals surface area contributed by atoms with E-state index in [0.717, 1.165) is 19.3 Å². The molecule has 2 rings (SSSR count). The zero-order valence-corrected chi connectivity index (χ0v) is 13.6. The van der Waals surface area contributed by atoms with Crippen LogP contribution in [-0.2, 0) is 10.0 Å². The molecule has 1 fully saturated rings. The van der Waals surface area contributed by atoms with Crippen LogP contribution in [0, 0.1) is 25.6 Å². The van der Waals surface area contributed by atoms with E-state index in [4.69, 9.17) is 5.73 Å². The van der Waals surface area contributed by atoms with Gasteiger partial charge in [-0.3, -0.25) is 0 Å². The highest BCUT2D eigenvalue weighted by Gasteiger charge is 2.30. The van der Waals surface area contributed by atoms with Crippen LogP contribution in [-0.4, -0.2) is 25.8 Å². The number of anilines is 1. The molecule has 4 nitrogen and oxygen atoms in total. The maximum atomic E-state index is 13.6. The first-order valence-electron chi connectivity index (χ1n) is 7.30. The second-order valence-corrected chi connectivity index (χ2v) is 7.86. The zero-order valence-electron chi connectivity index (χ0n) is 12.8. The minimum absolute atomic E-state index is 0.0811. The molecule has 0 aliphatic carbocycles. The Bertz CT molecular complexity index is 644. The maximum Gasteiger partial charge on any atom is 0.243 e. The summed E-state index contributed by atoms with van der Waals surface area (Å²) in [6.07, 6.45) is 2.75. The summed E-state index contributed by atoms with van der Waals surface area (Å²) in [5, 5.41) is 0. The highest BCUT2D eigenvalue weighted by atomic mass is 32.2. The van der Waals surface area contributed by atoms with Crippen LogP contribution in [0.15, 0.2) is 11.0 Å². The Balaban J connectivity index is 2.47. The predicted octanol–water partition coefficient (Wildman–Crippen LogP) is 2.84. The van der Waals surface area contributed by atoms with Gasteiger partial charge >= 0.3 is 0 Å². The fraction of sp³-hybridized carbons (Fsp3) is 0.600. The number of hydrogen-bond acceptors (Lipinski definition) is 3. The third kappa shape index (κ3) is 3.06. The molecule has 6 heteroatoms. The molecule has 1 unspecified atom stereocenters. The molecule has 0 aromatic heterocycles. The number of nitrogens with two attached hydrogens (primary N) is 1. The Hall–Kier alpha value is -1.14. The van der Waals surface area contributed by atoms with Gasteiger partial charge in [-0.2, -0.15) is 4.31 Å². The van der Waals surface area contributed by atoms with Crippen LogP contribution >= 0.6 is 0 Å². The summed E-state index contributed by atoms with van der Waals surface area (Å²) >= 11 is 0. The molecule has 1 aliphatic heterocycles. The molecule has 0 bridgehead atoms. The smallest absolute Gasteiger partial charge is 0.243 e. The van der Waals surface area contributed by atoms with Crippen LogP contribution in [0.2, 0.25) is 0 Å². The number of halogens is 1. The van der Waals surface area contributed by atoms with Crippen LogP contribution in [0.4, 0.5) is 10.1 Å². The second kappa shape index (κ2) is 5.93. The van der Waals surface area contributed by atoms with Gasteiger partial charge in [0.2, 0.25) is 10.0 Å². The van der Waals surface area contributed by atoms with Crippen molar-refractivity contribution in [1.82, 2.24) is 4.31 Å². The summed E-state index contributed by atoms with van der Waals surface area (Å²) in [6.45, 7) is 6.35. The van der Waals surface area contributed by atoms with Crippen LogP contribution < -0.4 is 5.73 Å². The largest absolute Gasteiger partial charge is 0.396 e.